The lowest BCUT2D eigenvalue weighted by Crippen LogP contribution is -2.27. The van der Waals surface area contributed by atoms with Gasteiger partial charge in [0.2, 0.25) is 5.91 Å². The summed E-state index contributed by atoms with van der Waals surface area (Å²) in [5.41, 5.74) is 0.539. The van der Waals surface area contributed by atoms with Gasteiger partial charge in [0.25, 0.3) is 5.56 Å². The number of aryl methyl sites for hydroxylation is 1. The van der Waals surface area contributed by atoms with E-state index in [0.29, 0.717) is 29.4 Å². The molecule has 0 unspecified atom stereocenters. The summed E-state index contributed by atoms with van der Waals surface area (Å²) < 4.78 is 11.0. The zero-order chi connectivity index (χ0) is 20.0. The van der Waals surface area contributed by atoms with E-state index in [1.54, 1.807) is 37.3 Å². The predicted molar refractivity (Wildman–Crippen MR) is 102 cm³/mol. The number of aromatic amines is 1. The summed E-state index contributed by atoms with van der Waals surface area (Å²) in [5, 5.41) is 8.09. The van der Waals surface area contributed by atoms with Crippen molar-refractivity contribution in [2.24, 2.45) is 0 Å². The molecule has 0 radical (unpaired) electrons. The molecule has 27 heavy (non-hydrogen) atoms. The average Bonchev–Trinajstić information content (AvgIpc) is 2.65. The Morgan fingerprint density at radius 2 is 2.00 bits per heavy atom. The zero-order valence-corrected chi connectivity index (χ0v) is 16.4. The minimum Gasteiger partial charge on any atom is -0.493 e. The number of rotatable bonds is 8. The predicted octanol–water partition coefficient (Wildman–Crippen LogP) is 2.04. The Balaban J connectivity index is 2.19. The minimum atomic E-state index is -0.353. The summed E-state index contributed by atoms with van der Waals surface area (Å²) in [6, 6.07) is 5.28. The van der Waals surface area contributed by atoms with E-state index in [4.69, 9.17) is 9.47 Å². The van der Waals surface area contributed by atoms with Crippen LogP contribution in [0.1, 0.15) is 32.9 Å². The van der Waals surface area contributed by atoms with E-state index in [0.717, 1.165) is 0 Å². The fourth-order valence-electron chi connectivity index (χ4n) is 2.41. The van der Waals surface area contributed by atoms with Crippen molar-refractivity contribution < 1.29 is 14.3 Å². The maximum Gasteiger partial charge on any atom is 0.273 e. The zero-order valence-electron chi connectivity index (χ0n) is 16.4. The molecule has 0 atom stereocenters. The highest BCUT2D eigenvalue weighted by atomic mass is 16.5. The lowest BCUT2D eigenvalue weighted by Gasteiger charge is -2.14. The van der Waals surface area contributed by atoms with Crippen molar-refractivity contribution in [1.29, 1.82) is 0 Å². The molecule has 1 amide bonds. The van der Waals surface area contributed by atoms with Gasteiger partial charge in [0.15, 0.2) is 17.3 Å². The highest BCUT2D eigenvalue weighted by Gasteiger charge is 2.13. The fourth-order valence-corrected chi connectivity index (χ4v) is 2.41. The van der Waals surface area contributed by atoms with Crippen LogP contribution in [-0.4, -0.2) is 52.8 Å². The van der Waals surface area contributed by atoms with Crippen molar-refractivity contribution in [2.75, 3.05) is 20.7 Å². The summed E-state index contributed by atoms with van der Waals surface area (Å²) in [4.78, 5) is 28.5. The second-order valence-electron chi connectivity index (χ2n) is 6.39. The van der Waals surface area contributed by atoms with Gasteiger partial charge in [-0.2, -0.15) is 0 Å². The molecule has 0 spiro atoms. The normalized spacial score (nSPS) is 10.7. The van der Waals surface area contributed by atoms with E-state index in [1.165, 1.54) is 0 Å². The van der Waals surface area contributed by atoms with Crippen LogP contribution in [0, 0.1) is 0 Å². The van der Waals surface area contributed by atoms with Gasteiger partial charge in [-0.15, -0.1) is 10.2 Å². The third-order valence-corrected chi connectivity index (χ3v) is 4.04. The SMILES string of the molecule is CCN(C)C(=O)CCc1nnc(-c2ccc(OC(C)C)c(OC)c2)[nH]c1=O. The number of nitrogens with zero attached hydrogens (tertiary/aromatic N) is 3. The molecule has 8 nitrogen and oxygen atoms in total. The molecule has 1 aromatic heterocycles. The molecule has 146 valence electrons. The molecule has 1 aromatic carbocycles. The third-order valence-electron chi connectivity index (χ3n) is 4.04. The maximum atomic E-state index is 12.3. The number of H-pyrrole nitrogens is 1. The second kappa shape index (κ2) is 9.16. The number of nitrogens with one attached hydrogen (secondary N) is 1. The number of benzene rings is 1. The number of carbonyl (C=O) groups is 1. The van der Waals surface area contributed by atoms with E-state index >= 15 is 0 Å². The van der Waals surface area contributed by atoms with Gasteiger partial charge < -0.3 is 19.4 Å². The topological polar surface area (TPSA) is 97.4 Å². The highest BCUT2D eigenvalue weighted by molar-refractivity contribution is 5.76. The second-order valence-corrected chi connectivity index (χ2v) is 6.39. The van der Waals surface area contributed by atoms with Crippen molar-refractivity contribution >= 4 is 5.91 Å². The smallest absolute Gasteiger partial charge is 0.273 e. The van der Waals surface area contributed by atoms with Gasteiger partial charge in [0.1, 0.15) is 5.69 Å². The number of amides is 1. The van der Waals surface area contributed by atoms with Gasteiger partial charge in [0.05, 0.1) is 13.2 Å². The summed E-state index contributed by atoms with van der Waals surface area (Å²) in [6.45, 7) is 6.37. The molecular formula is C19H26N4O4. The number of hydrogen-bond donors (Lipinski definition) is 1. The Morgan fingerprint density at radius 3 is 2.59 bits per heavy atom. The molecule has 0 bridgehead atoms. The van der Waals surface area contributed by atoms with Crippen molar-refractivity contribution in [3.05, 3.63) is 34.2 Å². The number of aromatic nitrogens is 3. The van der Waals surface area contributed by atoms with Crippen LogP contribution in [0.3, 0.4) is 0 Å². The largest absolute Gasteiger partial charge is 0.493 e. The standard InChI is InChI=1S/C19H26N4O4/c1-6-23(4)17(24)10-8-14-19(25)20-18(22-21-14)13-7-9-15(27-12(2)3)16(11-13)26-5/h7,9,11-12H,6,8,10H2,1-5H3,(H,20,22,25). The van der Waals surface area contributed by atoms with Gasteiger partial charge in [-0.05, 0) is 39.0 Å². The van der Waals surface area contributed by atoms with Crippen LogP contribution in [0.4, 0.5) is 0 Å². The highest BCUT2D eigenvalue weighted by Crippen LogP contribution is 2.31. The summed E-state index contributed by atoms with van der Waals surface area (Å²) in [6.07, 6.45) is 0.477. The molecule has 0 fully saturated rings. The summed E-state index contributed by atoms with van der Waals surface area (Å²) >= 11 is 0. The number of ether oxygens (including phenoxy) is 2. The van der Waals surface area contributed by atoms with Gasteiger partial charge in [-0.3, -0.25) is 9.59 Å². The lowest BCUT2D eigenvalue weighted by atomic mass is 10.2. The number of carbonyl (C=O) groups excluding carboxylic acids is 1. The molecule has 1 N–H and O–H groups in total. The summed E-state index contributed by atoms with van der Waals surface area (Å²) in [7, 11) is 3.27. The molecule has 8 heteroatoms. The first-order valence-electron chi connectivity index (χ1n) is 8.90. The van der Waals surface area contributed by atoms with Crippen LogP contribution in [0.5, 0.6) is 11.5 Å². The summed E-state index contributed by atoms with van der Waals surface area (Å²) in [5.74, 6) is 1.45. The van der Waals surface area contributed by atoms with Gasteiger partial charge >= 0.3 is 0 Å². The maximum absolute atomic E-state index is 12.3. The van der Waals surface area contributed by atoms with Crippen molar-refractivity contribution in [3.8, 4) is 22.9 Å². The lowest BCUT2D eigenvalue weighted by molar-refractivity contribution is -0.129. The Kier molecular flexibility index (Phi) is 6.92. The Morgan fingerprint density at radius 1 is 1.26 bits per heavy atom. The molecule has 0 aliphatic heterocycles. The van der Waals surface area contributed by atoms with E-state index in [2.05, 4.69) is 15.2 Å². The Labute approximate surface area is 158 Å². The quantitative estimate of drug-likeness (QED) is 0.759. The van der Waals surface area contributed by atoms with Crippen LogP contribution < -0.4 is 15.0 Å². The van der Waals surface area contributed by atoms with Gasteiger partial charge in [-0.25, -0.2) is 0 Å². The van der Waals surface area contributed by atoms with Crippen LogP contribution in [0.2, 0.25) is 0 Å². The molecule has 0 saturated carbocycles. The number of methoxy groups -OCH3 is 1. The van der Waals surface area contributed by atoms with Crippen LogP contribution in [0.25, 0.3) is 11.4 Å². The van der Waals surface area contributed by atoms with Crippen molar-refractivity contribution in [1.82, 2.24) is 20.1 Å². The van der Waals surface area contributed by atoms with Crippen LogP contribution in [-0.2, 0) is 11.2 Å². The molecule has 1 heterocycles. The first-order chi connectivity index (χ1) is 12.8. The van der Waals surface area contributed by atoms with Crippen LogP contribution in [0.15, 0.2) is 23.0 Å². The third kappa shape index (κ3) is 5.29. The Bertz CT molecular complexity index is 848. The van der Waals surface area contributed by atoms with E-state index in [1.807, 2.05) is 20.8 Å². The molecule has 2 rings (SSSR count). The average molecular weight is 374 g/mol. The van der Waals surface area contributed by atoms with E-state index < -0.39 is 0 Å². The van der Waals surface area contributed by atoms with Gasteiger partial charge in [-0.1, -0.05) is 0 Å². The van der Waals surface area contributed by atoms with Crippen molar-refractivity contribution in [3.63, 3.8) is 0 Å². The number of hydrogen-bond acceptors (Lipinski definition) is 6. The molecular weight excluding hydrogens is 348 g/mol. The van der Waals surface area contributed by atoms with E-state index in [-0.39, 0.29) is 36.1 Å². The minimum absolute atomic E-state index is 0.0121. The van der Waals surface area contributed by atoms with E-state index in [9.17, 15) is 9.59 Å². The van der Waals surface area contributed by atoms with Crippen LogP contribution >= 0.6 is 0 Å². The molecule has 2 aromatic rings. The van der Waals surface area contributed by atoms with Crippen molar-refractivity contribution in [2.45, 2.75) is 39.7 Å². The molecule has 0 saturated heterocycles. The monoisotopic (exact) mass is 374 g/mol. The fraction of sp³-hybridized carbons (Fsp3) is 0.474. The molecule has 0 aliphatic rings. The first-order valence-corrected chi connectivity index (χ1v) is 8.90. The first kappa shape index (κ1) is 20.4. The Hall–Kier alpha value is -2.90. The molecule has 0 aliphatic carbocycles. The van der Waals surface area contributed by atoms with Gasteiger partial charge in [0, 0.05) is 32.0 Å².